The average molecular weight is 236 g/mol. The predicted octanol–water partition coefficient (Wildman–Crippen LogP) is 3.02. The average Bonchev–Trinajstić information content (AvgIpc) is 2.33. The maximum Gasteiger partial charge on any atom is 0.411 e. The lowest BCUT2D eigenvalue weighted by atomic mass is 10.1. The Kier molecular flexibility index (Phi) is 4.82. The van der Waals surface area contributed by atoms with Gasteiger partial charge < -0.3 is 9.64 Å². The Labute approximate surface area is 103 Å². The first-order valence-corrected chi connectivity index (χ1v) is 5.82. The Morgan fingerprint density at radius 2 is 2.00 bits per heavy atom. The summed E-state index contributed by atoms with van der Waals surface area (Å²) in [4.78, 5) is 13.4. The van der Waals surface area contributed by atoms with Crippen LogP contribution in [0.2, 0.25) is 0 Å². The topological polar surface area (TPSA) is 41.6 Å². The first-order valence-electron chi connectivity index (χ1n) is 5.82. The number of carbonyl (C=O) groups excluding carboxylic acids is 1. The second-order valence-electron chi connectivity index (χ2n) is 3.79. The molecule has 1 aromatic carbocycles. The SMILES string of the molecule is CCN(CC)c1ccc(NC(=O)OC)c(C)c1. The first kappa shape index (κ1) is 13.4. The molecule has 0 heterocycles. The van der Waals surface area contributed by atoms with Crippen molar-refractivity contribution in [2.45, 2.75) is 20.8 Å². The van der Waals surface area contributed by atoms with Crippen LogP contribution in [0.25, 0.3) is 0 Å². The largest absolute Gasteiger partial charge is 0.453 e. The van der Waals surface area contributed by atoms with E-state index < -0.39 is 6.09 Å². The molecule has 94 valence electrons. The molecule has 0 bridgehead atoms. The van der Waals surface area contributed by atoms with Gasteiger partial charge in [-0.2, -0.15) is 0 Å². The maximum absolute atomic E-state index is 11.1. The van der Waals surface area contributed by atoms with Gasteiger partial charge in [-0.1, -0.05) is 0 Å². The minimum Gasteiger partial charge on any atom is -0.453 e. The van der Waals surface area contributed by atoms with Gasteiger partial charge in [0.25, 0.3) is 0 Å². The number of aryl methyl sites for hydroxylation is 1. The molecule has 0 atom stereocenters. The molecular weight excluding hydrogens is 216 g/mol. The minimum absolute atomic E-state index is 0.441. The van der Waals surface area contributed by atoms with E-state index in [0.717, 1.165) is 24.3 Å². The molecule has 0 spiro atoms. The number of hydrogen-bond acceptors (Lipinski definition) is 3. The number of benzene rings is 1. The Bertz CT molecular complexity index is 387. The highest BCUT2D eigenvalue weighted by Gasteiger charge is 2.07. The van der Waals surface area contributed by atoms with Crippen LogP contribution in [-0.4, -0.2) is 26.3 Å². The number of methoxy groups -OCH3 is 1. The molecule has 17 heavy (non-hydrogen) atoms. The number of hydrogen-bond donors (Lipinski definition) is 1. The summed E-state index contributed by atoms with van der Waals surface area (Å²) in [7, 11) is 1.36. The molecule has 0 radical (unpaired) electrons. The molecule has 1 aromatic rings. The maximum atomic E-state index is 11.1. The number of anilines is 2. The van der Waals surface area contributed by atoms with Crippen LogP contribution < -0.4 is 10.2 Å². The van der Waals surface area contributed by atoms with E-state index in [1.54, 1.807) is 0 Å². The highest BCUT2D eigenvalue weighted by atomic mass is 16.5. The van der Waals surface area contributed by atoms with Crippen molar-refractivity contribution in [1.29, 1.82) is 0 Å². The van der Waals surface area contributed by atoms with E-state index in [2.05, 4.69) is 34.9 Å². The first-order chi connectivity index (χ1) is 8.12. The number of rotatable bonds is 4. The molecule has 0 aromatic heterocycles. The number of amides is 1. The lowest BCUT2D eigenvalue weighted by Crippen LogP contribution is -2.22. The Morgan fingerprint density at radius 1 is 1.35 bits per heavy atom. The fourth-order valence-corrected chi connectivity index (χ4v) is 1.73. The molecule has 0 aliphatic carbocycles. The van der Waals surface area contributed by atoms with E-state index in [-0.39, 0.29) is 0 Å². The molecule has 1 amide bonds. The van der Waals surface area contributed by atoms with Crippen LogP contribution in [0, 0.1) is 6.92 Å². The third-order valence-electron chi connectivity index (χ3n) is 2.76. The quantitative estimate of drug-likeness (QED) is 0.873. The van der Waals surface area contributed by atoms with Gasteiger partial charge >= 0.3 is 6.09 Å². The smallest absolute Gasteiger partial charge is 0.411 e. The third-order valence-corrected chi connectivity index (χ3v) is 2.76. The number of nitrogens with zero attached hydrogens (tertiary/aromatic N) is 1. The summed E-state index contributed by atoms with van der Waals surface area (Å²) in [5.74, 6) is 0. The molecule has 0 saturated heterocycles. The fourth-order valence-electron chi connectivity index (χ4n) is 1.73. The van der Waals surface area contributed by atoms with Gasteiger partial charge in [0.2, 0.25) is 0 Å². The predicted molar refractivity (Wildman–Crippen MR) is 70.8 cm³/mol. The normalized spacial score (nSPS) is 9.88. The summed E-state index contributed by atoms with van der Waals surface area (Å²) < 4.78 is 4.57. The van der Waals surface area contributed by atoms with Crippen molar-refractivity contribution in [2.75, 3.05) is 30.4 Å². The van der Waals surface area contributed by atoms with Gasteiger partial charge in [0.05, 0.1) is 7.11 Å². The van der Waals surface area contributed by atoms with E-state index in [0.29, 0.717) is 0 Å². The van der Waals surface area contributed by atoms with E-state index >= 15 is 0 Å². The summed E-state index contributed by atoms with van der Waals surface area (Å²) in [5, 5.41) is 2.68. The molecule has 1 rings (SSSR count). The van der Waals surface area contributed by atoms with Gasteiger partial charge in [-0.15, -0.1) is 0 Å². The highest BCUT2D eigenvalue weighted by molar-refractivity contribution is 5.86. The van der Waals surface area contributed by atoms with Crippen LogP contribution >= 0.6 is 0 Å². The van der Waals surface area contributed by atoms with Gasteiger partial charge in [-0.3, -0.25) is 5.32 Å². The minimum atomic E-state index is -0.441. The third kappa shape index (κ3) is 3.37. The van der Waals surface area contributed by atoms with E-state index in [9.17, 15) is 4.79 Å². The summed E-state index contributed by atoms with van der Waals surface area (Å²) >= 11 is 0. The second-order valence-corrected chi connectivity index (χ2v) is 3.79. The van der Waals surface area contributed by atoms with E-state index in [1.807, 2.05) is 19.1 Å². The lowest BCUT2D eigenvalue weighted by Gasteiger charge is -2.22. The summed E-state index contributed by atoms with van der Waals surface area (Å²) in [5.41, 5.74) is 2.98. The van der Waals surface area contributed by atoms with Crippen LogP contribution in [-0.2, 0) is 4.74 Å². The Balaban J connectivity index is 2.89. The summed E-state index contributed by atoms with van der Waals surface area (Å²) in [6.45, 7) is 8.16. The van der Waals surface area contributed by atoms with E-state index in [4.69, 9.17) is 0 Å². The fraction of sp³-hybridized carbons (Fsp3) is 0.462. The molecule has 1 N–H and O–H groups in total. The number of nitrogens with one attached hydrogen (secondary N) is 1. The molecule has 4 heteroatoms. The Morgan fingerprint density at radius 3 is 2.47 bits per heavy atom. The van der Waals surface area contributed by atoms with Crippen molar-refractivity contribution in [1.82, 2.24) is 0 Å². The molecule has 0 fully saturated rings. The molecule has 0 unspecified atom stereocenters. The molecular formula is C13H20N2O2. The van der Waals surface area contributed by atoms with Crippen LogP contribution in [0.5, 0.6) is 0 Å². The van der Waals surface area contributed by atoms with Gasteiger partial charge in [0.15, 0.2) is 0 Å². The van der Waals surface area contributed by atoms with Gasteiger partial charge in [-0.25, -0.2) is 4.79 Å². The standard InChI is InChI=1S/C13H20N2O2/c1-5-15(6-2)11-7-8-12(10(3)9-11)14-13(16)17-4/h7-9H,5-6H2,1-4H3,(H,14,16). The highest BCUT2D eigenvalue weighted by Crippen LogP contribution is 2.22. The van der Waals surface area contributed by atoms with Crippen molar-refractivity contribution >= 4 is 17.5 Å². The summed E-state index contributed by atoms with van der Waals surface area (Å²) in [6.07, 6.45) is -0.441. The monoisotopic (exact) mass is 236 g/mol. The summed E-state index contributed by atoms with van der Waals surface area (Å²) in [6, 6.07) is 5.98. The molecule has 0 aliphatic heterocycles. The van der Waals surface area contributed by atoms with Gasteiger partial charge in [0, 0.05) is 24.5 Å². The molecule has 0 aliphatic rings. The second kappa shape index (κ2) is 6.13. The molecule has 0 saturated carbocycles. The Hall–Kier alpha value is -1.71. The van der Waals surface area contributed by atoms with E-state index in [1.165, 1.54) is 12.8 Å². The van der Waals surface area contributed by atoms with Crippen LogP contribution in [0.15, 0.2) is 18.2 Å². The van der Waals surface area contributed by atoms with Crippen molar-refractivity contribution in [2.24, 2.45) is 0 Å². The van der Waals surface area contributed by atoms with Crippen molar-refractivity contribution in [3.8, 4) is 0 Å². The lowest BCUT2D eigenvalue weighted by molar-refractivity contribution is 0.187. The van der Waals surface area contributed by atoms with Crippen LogP contribution in [0.4, 0.5) is 16.2 Å². The van der Waals surface area contributed by atoms with Crippen molar-refractivity contribution in [3.63, 3.8) is 0 Å². The zero-order valence-electron chi connectivity index (χ0n) is 10.9. The number of ether oxygens (including phenoxy) is 1. The van der Waals surface area contributed by atoms with Crippen LogP contribution in [0.3, 0.4) is 0 Å². The molecule has 4 nitrogen and oxygen atoms in total. The van der Waals surface area contributed by atoms with Crippen molar-refractivity contribution < 1.29 is 9.53 Å². The zero-order chi connectivity index (χ0) is 12.8. The number of carbonyl (C=O) groups is 1. The van der Waals surface area contributed by atoms with Gasteiger partial charge in [0.1, 0.15) is 0 Å². The van der Waals surface area contributed by atoms with Crippen LogP contribution in [0.1, 0.15) is 19.4 Å². The van der Waals surface area contributed by atoms with Crippen molar-refractivity contribution in [3.05, 3.63) is 23.8 Å². The zero-order valence-corrected chi connectivity index (χ0v) is 10.9. The van der Waals surface area contributed by atoms with Gasteiger partial charge in [-0.05, 0) is 44.5 Å².